The smallest absolute Gasteiger partial charge is 0.317 e. The Morgan fingerprint density at radius 1 is 1.11 bits per heavy atom. The first kappa shape index (κ1) is 26.9. The van der Waals surface area contributed by atoms with Crippen molar-refractivity contribution in [3.05, 3.63) is 99.5 Å². The first-order valence-corrected chi connectivity index (χ1v) is 12.2. The second-order valence-corrected chi connectivity index (χ2v) is 9.41. The summed E-state index contributed by atoms with van der Waals surface area (Å²) in [4.78, 5) is 22.3. The molecule has 6 nitrogen and oxygen atoms in total. The summed E-state index contributed by atoms with van der Waals surface area (Å²) in [5.74, 6) is -0.760. The number of aryl methyl sites for hydroxylation is 2. The van der Waals surface area contributed by atoms with Crippen LogP contribution in [0.15, 0.2) is 71.9 Å². The van der Waals surface area contributed by atoms with Crippen molar-refractivity contribution in [1.82, 2.24) is 5.32 Å². The molecule has 3 aromatic carbocycles. The number of nitrogens with zero attached hydrogens (tertiary/aromatic N) is 2. The van der Waals surface area contributed by atoms with E-state index < -0.39 is 11.4 Å². The minimum atomic E-state index is -0.760. The second kappa shape index (κ2) is 12.3. The number of hydrogen-bond donors (Lipinski definition) is 1. The van der Waals surface area contributed by atoms with Gasteiger partial charge < -0.3 is 4.74 Å². The molecule has 6 heteroatoms. The Bertz CT molecular complexity index is 1250. The highest BCUT2D eigenvalue weighted by atomic mass is 16.5. The van der Waals surface area contributed by atoms with E-state index >= 15 is 0 Å². The van der Waals surface area contributed by atoms with Crippen LogP contribution in [0.4, 0.5) is 0 Å². The monoisotopic (exact) mass is 483 g/mol. The summed E-state index contributed by atoms with van der Waals surface area (Å²) in [7, 11) is 0. The molecule has 1 amide bonds. The molecule has 0 spiro atoms. The zero-order valence-electron chi connectivity index (χ0n) is 21.4. The topological polar surface area (TPSA) is 91.5 Å². The van der Waals surface area contributed by atoms with Gasteiger partial charge in [-0.25, -0.2) is 0 Å². The molecule has 0 aliphatic carbocycles. The molecule has 2 unspecified atom stereocenters. The molecule has 36 heavy (non-hydrogen) atoms. The van der Waals surface area contributed by atoms with Gasteiger partial charge in [-0.15, -0.1) is 4.91 Å². The number of nitrogens with one attached hydrogen (secondary N) is 1. The van der Waals surface area contributed by atoms with Crippen molar-refractivity contribution >= 4 is 5.91 Å². The highest BCUT2D eigenvalue weighted by Gasteiger charge is 2.23. The lowest BCUT2D eigenvalue weighted by Crippen LogP contribution is -2.43. The zero-order valence-corrected chi connectivity index (χ0v) is 21.4. The van der Waals surface area contributed by atoms with E-state index in [1.165, 1.54) is 5.56 Å². The number of amides is 1. The van der Waals surface area contributed by atoms with Crippen LogP contribution in [-0.2, 0) is 11.2 Å². The molecule has 3 rings (SSSR count). The summed E-state index contributed by atoms with van der Waals surface area (Å²) < 4.78 is 6.15. The number of carbonyl (C=O) groups excluding carboxylic acids is 1. The van der Waals surface area contributed by atoms with Gasteiger partial charge in [0.2, 0.25) is 0 Å². The summed E-state index contributed by atoms with van der Waals surface area (Å²) in [6.07, 6.45) is 1.27. The lowest BCUT2D eigenvalue weighted by atomic mass is 9.93. The minimum absolute atomic E-state index is 0.144. The molecule has 186 valence electrons. The number of hydrogen-bond acceptors (Lipinski definition) is 5. The van der Waals surface area contributed by atoms with Gasteiger partial charge in [0, 0.05) is 23.8 Å². The number of nitriles is 1. The standard InChI is InChI=1S/C30H33N3O3/c1-21-10-12-24(13-11-21)19-30(4,20-31)32-16-7-17-36-23(3)27-8-5-6-9-28(27)25-14-15-26(22(2)18-25)29(34)33-35/h5-6,8-15,18,23,32H,7,16-17,19H2,1-4H3. The third-order valence-corrected chi connectivity index (χ3v) is 6.38. The van der Waals surface area contributed by atoms with Crippen molar-refractivity contribution in [2.24, 2.45) is 5.18 Å². The van der Waals surface area contributed by atoms with Crippen LogP contribution >= 0.6 is 0 Å². The lowest BCUT2D eigenvalue weighted by molar-refractivity contribution is 0.0638. The first-order chi connectivity index (χ1) is 17.3. The molecule has 1 N–H and O–H groups in total. The molecule has 0 aliphatic heterocycles. The Labute approximate surface area is 213 Å². The van der Waals surface area contributed by atoms with Crippen LogP contribution < -0.4 is 5.32 Å². The van der Waals surface area contributed by atoms with Crippen LogP contribution in [-0.4, -0.2) is 24.6 Å². The Morgan fingerprint density at radius 2 is 1.83 bits per heavy atom. The van der Waals surface area contributed by atoms with Crippen LogP contribution in [0.3, 0.4) is 0 Å². The minimum Gasteiger partial charge on any atom is -0.374 e. The third kappa shape index (κ3) is 6.94. The first-order valence-electron chi connectivity index (χ1n) is 12.2. The average Bonchev–Trinajstić information content (AvgIpc) is 2.89. The largest absolute Gasteiger partial charge is 0.374 e. The Hall–Kier alpha value is -3.66. The fourth-order valence-electron chi connectivity index (χ4n) is 4.28. The van der Waals surface area contributed by atoms with Crippen LogP contribution in [0.2, 0.25) is 0 Å². The molecule has 0 fully saturated rings. The normalized spacial score (nSPS) is 13.4. The van der Waals surface area contributed by atoms with Crippen molar-refractivity contribution in [2.75, 3.05) is 13.2 Å². The highest BCUT2D eigenvalue weighted by Crippen LogP contribution is 2.31. The van der Waals surface area contributed by atoms with Gasteiger partial charge >= 0.3 is 5.91 Å². The number of benzene rings is 3. The van der Waals surface area contributed by atoms with Gasteiger partial charge in [0.25, 0.3) is 0 Å². The molecule has 0 radical (unpaired) electrons. The highest BCUT2D eigenvalue weighted by molar-refractivity contribution is 5.96. The maximum absolute atomic E-state index is 11.7. The van der Waals surface area contributed by atoms with Crippen molar-refractivity contribution in [3.63, 3.8) is 0 Å². The fraction of sp³-hybridized carbons (Fsp3) is 0.333. The predicted molar refractivity (Wildman–Crippen MR) is 143 cm³/mol. The molecule has 0 bridgehead atoms. The van der Waals surface area contributed by atoms with Gasteiger partial charge in [-0.1, -0.05) is 66.2 Å². The Balaban J connectivity index is 1.57. The van der Waals surface area contributed by atoms with Gasteiger partial charge in [-0.05, 0) is 74.5 Å². The van der Waals surface area contributed by atoms with Gasteiger partial charge in [0.05, 0.1) is 12.2 Å². The SMILES string of the molecule is Cc1ccc(CC(C)(C#N)NCCCOC(C)c2ccccc2-c2ccc(C(=O)N=O)c(C)c2)cc1. The summed E-state index contributed by atoms with van der Waals surface area (Å²) in [5.41, 5.74) is 5.72. The Kier molecular flexibility index (Phi) is 9.24. The fourth-order valence-corrected chi connectivity index (χ4v) is 4.28. The van der Waals surface area contributed by atoms with E-state index in [0.29, 0.717) is 30.7 Å². The molecule has 0 aromatic heterocycles. The molecule has 2 atom stereocenters. The maximum Gasteiger partial charge on any atom is 0.317 e. The van der Waals surface area contributed by atoms with E-state index in [0.717, 1.165) is 28.7 Å². The van der Waals surface area contributed by atoms with Gasteiger partial charge in [-0.3, -0.25) is 10.1 Å². The van der Waals surface area contributed by atoms with E-state index in [4.69, 9.17) is 4.74 Å². The molecular weight excluding hydrogens is 450 g/mol. The Morgan fingerprint density at radius 3 is 2.50 bits per heavy atom. The van der Waals surface area contributed by atoms with Gasteiger partial charge in [0.1, 0.15) is 5.54 Å². The predicted octanol–water partition coefficient (Wildman–Crippen LogP) is 6.46. The number of rotatable bonds is 11. The van der Waals surface area contributed by atoms with Crippen molar-refractivity contribution in [2.45, 2.75) is 52.2 Å². The van der Waals surface area contributed by atoms with E-state index in [1.54, 1.807) is 13.0 Å². The van der Waals surface area contributed by atoms with Crippen molar-refractivity contribution in [1.29, 1.82) is 5.26 Å². The molecule has 3 aromatic rings. The number of ether oxygens (including phenoxy) is 1. The number of nitroso groups, excluding NO2 is 1. The summed E-state index contributed by atoms with van der Waals surface area (Å²) >= 11 is 0. The molecule has 0 saturated carbocycles. The quantitative estimate of drug-likeness (QED) is 0.250. The van der Waals surface area contributed by atoms with E-state index in [9.17, 15) is 15.0 Å². The van der Waals surface area contributed by atoms with Crippen molar-refractivity contribution < 1.29 is 9.53 Å². The van der Waals surface area contributed by atoms with E-state index in [-0.39, 0.29) is 6.10 Å². The van der Waals surface area contributed by atoms with E-state index in [2.05, 4.69) is 47.8 Å². The lowest BCUT2D eigenvalue weighted by Gasteiger charge is -2.24. The summed E-state index contributed by atoms with van der Waals surface area (Å²) in [5, 5.41) is 15.6. The van der Waals surface area contributed by atoms with Crippen LogP contribution in [0.1, 0.15) is 59.0 Å². The average molecular weight is 484 g/mol. The van der Waals surface area contributed by atoms with Crippen molar-refractivity contribution in [3.8, 4) is 17.2 Å². The maximum atomic E-state index is 11.7. The molecule has 0 saturated heterocycles. The third-order valence-electron chi connectivity index (χ3n) is 6.38. The zero-order chi connectivity index (χ0) is 26.1. The summed E-state index contributed by atoms with van der Waals surface area (Å²) in [6, 6.07) is 24.1. The van der Waals surface area contributed by atoms with E-state index in [1.807, 2.05) is 50.2 Å². The summed E-state index contributed by atoms with van der Waals surface area (Å²) in [6.45, 7) is 9.02. The second-order valence-electron chi connectivity index (χ2n) is 9.41. The van der Waals surface area contributed by atoms with Crippen LogP contribution in [0.5, 0.6) is 0 Å². The molecular formula is C30H33N3O3. The van der Waals surface area contributed by atoms with Crippen LogP contribution in [0, 0.1) is 30.1 Å². The molecule has 0 heterocycles. The van der Waals surface area contributed by atoms with Crippen LogP contribution in [0.25, 0.3) is 11.1 Å². The van der Waals surface area contributed by atoms with Gasteiger partial charge in [0.15, 0.2) is 0 Å². The van der Waals surface area contributed by atoms with Gasteiger partial charge in [-0.2, -0.15) is 5.26 Å². The molecule has 0 aliphatic rings. The number of carbonyl (C=O) groups is 1.